The van der Waals surface area contributed by atoms with Crippen molar-refractivity contribution in [1.82, 2.24) is 4.57 Å². The van der Waals surface area contributed by atoms with Gasteiger partial charge in [0.1, 0.15) is 12.4 Å². The van der Waals surface area contributed by atoms with Gasteiger partial charge < -0.3 is 9.30 Å². The molecule has 0 bridgehead atoms. The van der Waals surface area contributed by atoms with Gasteiger partial charge in [-0.2, -0.15) is 0 Å². The Morgan fingerprint density at radius 2 is 1.85 bits per heavy atom. The van der Waals surface area contributed by atoms with Crippen LogP contribution in [0, 0.1) is 0 Å². The minimum Gasteiger partial charge on any atom is -0.492 e. The monoisotopic (exact) mass is 265 g/mol. The number of aromatic nitrogens is 1. The van der Waals surface area contributed by atoms with Crippen LogP contribution >= 0.6 is 0 Å². The first-order chi connectivity index (χ1) is 9.88. The summed E-state index contributed by atoms with van der Waals surface area (Å²) in [5.41, 5.74) is 1.79. The summed E-state index contributed by atoms with van der Waals surface area (Å²) in [5.74, 6) is 0.873. The molecule has 0 N–H and O–H groups in total. The third kappa shape index (κ3) is 2.43. The Hall–Kier alpha value is -2.55. The van der Waals surface area contributed by atoms with E-state index >= 15 is 0 Å². The number of carbonyl (C=O) groups is 1. The van der Waals surface area contributed by atoms with Crippen molar-refractivity contribution in [1.29, 1.82) is 0 Å². The van der Waals surface area contributed by atoms with Gasteiger partial charge in [0.2, 0.25) is 0 Å². The van der Waals surface area contributed by atoms with E-state index < -0.39 is 0 Å². The quantitative estimate of drug-likeness (QED) is 0.661. The summed E-state index contributed by atoms with van der Waals surface area (Å²) in [4.78, 5) is 11.0. The first kappa shape index (κ1) is 12.5. The first-order valence-corrected chi connectivity index (χ1v) is 6.59. The smallest absolute Gasteiger partial charge is 0.150 e. The molecule has 3 rings (SSSR count). The SMILES string of the molecule is O=Cc1cccc2c1ccn2CCOc1ccccc1. The summed E-state index contributed by atoms with van der Waals surface area (Å²) in [7, 11) is 0. The topological polar surface area (TPSA) is 31.2 Å². The fraction of sp³-hybridized carbons (Fsp3) is 0.118. The zero-order valence-corrected chi connectivity index (χ0v) is 11.0. The van der Waals surface area contributed by atoms with E-state index in [1.807, 2.05) is 60.8 Å². The Labute approximate surface area is 117 Å². The van der Waals surface area contributed by atoms with Crippen molar-refractivity contribution in [2.24, 2.45) is 0 Å². The van der Waals surface area contributed by atoms with Crippen LogP contribution in [0.25, 0.3) is 10.9 Å². The lowest BCUT2D eigenvalue weighted by Gasteiger charge is -2.08. The molecule has 0 aliphatic carbocycles. The fourth-order valence-corrected chi connectivity index (χ4v) is 2.32. The molecule has 0 aliphatic rings. The van der Waals surface area contributed by atoms with Gasteiger partial charge in [-0.1, -0.05) is 30.3 Å². The highest BCUT2D eigenvalue weighted by Crippen LogP contribution is 2.19. The molecular formula is C17H15NO2. The molecule has 0 fully saturated rings. The fourth-order valence-electron chi connectivity index (χ4n) is 2.32. The largest absolute Gasteiger partial charge is 0.492 e. The molecule has 0 saturated carbocycles. The van der Waals surface area contributed by atoms with E-state index in [0.29, 0.717) is 6.61 Å². The van der Waals surface area contributed by atoms with Gasteiger partial charge in [0, 0.05) is 22.7 Å². The van der Waals surface area contributed by atoms with Crippen molar-refractivity contribution < 1.29 is 9.53 Å². The molecule has 0 radical (unpaired) electrons. The van der Waals surface area contributed by atoms with Gasteiger partial charge in [-0.3, -0.25) is 4.79 Å². The van der Waals surface area contributed by atoms with Crippen molar-refractivity contribution in [3.63, 3.8) is 0 Å². The van der Waals surface area contributed by atoms with Gasteiger partial charge in [0.05, 0.1) is 6.54 Å². The number of hydrogen-bond acceptors (Lipinski definition) is 2. The summed E-state index contributed by atoms with van der Waals surface area (Å²) < 4.78 is 7.80. The summed E-state index contributed by atoms with van der Waals surface area (Å²) in [6.45, 7) is 1.35. The first-order valence-electron chi connectivity index (χ1n) is 6.59. The van der Waals surface area contributed by atoms with Gasteiger partial charge >= 0.3 is 0 Å². The number of aldehydes is 1. The molecule has 0 unspecified atom stereocenters. The molecule has 0 atom stereocenters. The standard InChI is InChI=1S/C17H15NO2/c19-13-14-5-4-8-17-16(14)9-10-18(17)11-12-20-15-6-2-1-3-7-15/h1-10,13H,11-12H2. The van der Waals surface area contributed by atoms with Gasteiger partial charge in [0.25, 0.3) is 0 Å². The van der Waals surface area contributed by atoms with Crippen LogP contribution in [0.1, 0.15) is 10.4 Å². The Morgan fingerprint density at radius 1 is 1.00 bits per heavy atom. The predicted molar refractivity (Wildman–Crippen MR) is 79.3 cm³/mol. The molecule has 0 spiro atoms. The molecule has 0 saturated heterocycles. The molecule has 1 heterocycles. The average molecular weight is 265 g/mol. The molecular weight excluding hydrogens is 250 g/mol. The van der Waals surface area contributed by atoms with Crippen LogP contribution < -0.4 is 4.74 Å². The zero-order chi connectivity index (χ0) is 13.8. The normalized spacial score (nSPS) is 10.6. The molecule has 100 valence electrons. The summed E-state index contributed by atoms with van der Waals surface area (Å²) >= 11 is 0. The molecule has 2 aromatic carbocycles. The number of ether oxygens (including phenoxy) is 1. The maximum Gasteiger partial charge on any atom is 0.150 e. The van der Waals surface area contributed by atoms with Crippen LogP contribution in [0.15, 0.2) is 60.8 Å². The van der Waals surface area contributed by atoms with Gasteiger partial charge in [0.15, 0.2) is 6.29 Å². The lowest BCUT2D eigenvalue weighted by molar-refractivity contribution is 0.112. The van der Waals surface area contributed by atoms with E-state index in [1.165, 1.54) is 0 Å². The van der Waals surface area contributed by atoms with Gasteiger partial charge in [-0.05, 0) is 24.3 Å². The summed E-state index contributed by atoms with van der Waals surface area (Å²) in [6, 6.07) is 17.5. The van der Waals surface area contributed by atoms with Gasteiger partial charge in [-0.25, -0.2) is 0 Å². The van der Waals surface area contributed by atoms with E-state index in [2.05, 4.69) is 4.57 Å². The molecule has 3 aromatic rings. The van der Waals surface area contributed by atoms with E-state index in [4.69, 9.17) is 4.74 Å². The molecule has 1 aromatic heterocycles. The van der Waals surface area contributed by atoms with E-state index in [9.17, 15) is 4.79 Å². The molecule has 3 heteroatoms. The van der Waals surface area contributed by atoms with E-state index in [1.54, 1.807) is 0 Å². The number of rotatable bonds is 5. The Bertz CT molecular complexity index is 716. The van der Waals surface area contributed by atoms with Crippen molar-refractivity contribution >= 4 is 17.2 Å². The summed E-state index contributed by atoms with van der Waals surface area (Å²) in [5, 5.41) is 0.988. The lowest BCUT2D eigenvalue weighted by atomic mass is 10.1. The molecule has 3 nitrogen and oxygen atoms in total. The third-order valence-electron chi connectivity index (χ3n) is 3.32. The van der Waals surface area contributed by atoms with Crippen LogP contribution in [0.2, 0.25) is 0 Å². The molecule has 20 heavy (non-hydrogen) atoms. The summed E-state index contributed by atoms with van der Waals surface area (Å²) in [6.07, 6.45) is 2.89. The third-order valence-corrected chi connectivity index (χ3v) is 3.32. The number of fused-ring (bicyclic) bond motifs is 1. The van der Waals surface area contributed by atoms with Gasteiger partial charge in [-0.15, -0.1) is 0 Å². The second-order valence-electron chi connectivity index (χ2n) is 4.57. The van der Waals surface area contributed by atoms with Crippen molar-refractivity contribution in [3.8, 4) is 5.75 Å². The highest BCUT2D eigenvalue weighted by atomic mass is 16.5. The zero-order valence-electron chi connectivity index (χ0n) is 11.0. The van der Waals surface area contributed by atoms with Crippen molar-refractivity contribution in [2.45, 2.75) is 6.54 Å². The Morgan fingerprint density at radius 3 is 2.65 bits per heavy atom. The maximum absolute atomic E-state index is 11.0. The van der Waals surface area contributed by atoms with Crippen LogP contribution in [-0.2, 0) is 6.54 Å². The number of carbonyl (C=O) groups excluding carboxylic acids is 1. The van der Waals surface area contributed by atoms with E-state index in [0.717, 1.165) is 35.0 Å². The number of nitrogens with zero attached hydrogens (tertiary/aromatic N) is 1. The lowest BCUT2D eigenvalue weighted by Crippen LogP contribution is -2.07. The second-order valence-corrected chi connectivity index (χ2v) is 4.57. The number of benzene rings is 2. The van der Waals surface area contributed by atoms with E-state index in [-0.39, 0.29) is 0 Å². The molecule has 0 aliphatic heterocycles. The van der Waals surface area contributed by atoms with Crippen LogP contribution in [-0.4, -0.2) is 17.5 Å². The predicted octanol–water partition coefficient (Wildman–Crippen LogP) is 3.53. The highest BCUT2D eigenvalue weighted by Gasteiger charge is 2.04. The average Bonchev–Trinajstić information content (AvgIpc) is 2.92. The van der Waals surface area contributed by atoms with Crippen LogP contribution in [0.3, 0.4) is 0 Å². The van der Waals surface area contributed by atoms with Crippen molar-refractivity contribution in [2.75, 3.05) is 6.61 Å². The minimum atomic E-state index is 0.596. The van der Waals surface area contributed by atoms with Crippen molar-refractivity contribution in [3.05, 3.63) is 66.4 Å². The molecule has 0 amide bonds. The minimum absolute atomic E-state index is 0.596. The van der Waals surface area contributed by atoms with Crippen LogP contribution in [0.4, 0.5) is 0 Å². The Kier molecular flexibility index (Phi) is 3.50. The number of hydrogen-bond donors (Lipinski definition) is 0. The Balaban J connectivity index is 1.74. The number of para-hydroxylation sites is 1. The van der Waals surface area contributed by atoms with Crippen LogP contribution in [0.5, 0.6) is 5.75 Å². The maximum atomic E-state index is 11.0. The highest BCUT2D eigenvalue weighted by molar-refractivity contribution is 5.97. The second kappa shape index (κ2) is 5.61.